The number of rotatable bonds is 3. The first-order chi connectivity index (χ1) is 13.3. The highest BCUT2D eigenvalue weighted by atomic mass is 16.6. The van der Waals surface area contributed by atoms with Crippen LogP contribution in [0, 0.1) is 17.8 Å². The van der Waals surface area contributed by atoms with Crippen molar-refractivity contribution in [2.45, 2.75) is 96.9 Å². The fraction of sp³-hybridized carbons (Fsp3) is 0.857. The van der Waals surface area contributed by atoms with E-state index in [0.29, 0.717) is 0 Å². The van der Waals surface area contributed by atoms with Crippen molar-refractivity contribution in [1.82, 2.24) is 5.32 Å². The minimum absolute atomic E-state index is 0.609. The number of amides is 1. The molecule has 2 rings (SSSR count). The first-order valence-corrected chi connectivity index (χ1v) is 10.1. The molecule has 172 valence electrons. The predicted molar refractivity (Wildman–Crippen MR) is 106 cm³/mol. The maximum Gasteiger partial charge on any atom is 0.408 e. The number of hydrogen-bond acceptors (Lipinski definition) is 8. The van der Waals surface area contributed by atoms with E-state index in [2.05, 4.69) is 5.32 Å². The van der Waals surface area contributed by atoms with Gasteiger partial charge in [0.15, 0.2) is 5.54 Å². The molecule has 0 radical (unpaired) electrons. The van der Waals surface area contributed by atoms with Gasteiger partial charge in [0.1, 0.15) is 22.9 Å². The van der Waals surface area contributed by atoms with Gasteiger partial charge in [-0.2, -0.15) is 0 Å². The number of fused-ring (bicyclic) bond motifs is 1. The van der Waals surface area contributed by atoms with Crippen molar-refractivity contribution in [2.24, 2.45) is 17.8 Å². The van der Waals surface area contributed by atoms with Gasteiger partial charge in [-0.1, -0.05) is 0 Å². The van der Waals surface area contributed by atoms with E-state index in [0.717, 1.165) is 0 Å². The van der Waals surface area contributed by atoms with Crippen LogP contribution >= 0.6 is 0 Å². The van der Waals surface area contributed by atoms with Crippen molar-refractivity contribution in [1.29, 1.82) is 0 Å². The summed E-state index contributed by atoms with van der Waals surface area (Å²) in [6, 6.07) is 0. The molecule has 30 heavy (non-hydrogen) atoms. The number of carbonyl (C=O) groups is 3. The number of aliphatic hydroxyl groups excluding tert-OH is 2. The molecule has 9 heteroatoms. The van der Waals surface area contributed by atoms with Gasteiger partial charge >= 0.3 is 18.0 Å². The zero-order chi connectivity index (χ0) is 23.4. The number of nitrogens with one attached hydrogen (secondary N) is 1. The molecule has 0 spiro atoms. The highest BCUT2D eigenvalue weighted by Crippen LogP contribution is 2.63. The third-order valence-electron chi connectivity index (χ3n) is 4.91. The lowest BCUT2D eigenvalue weighted by Crippen LogP contribution is -2.66. The Morgan fingerprint density at radius 1 is 0.800 bits per heavy atom. The molecule has 0 bridgehead atoms. The van der Waals surface area contributed by atoms with Gasteiger partial charge in [-0.05, 0) is 62.3 Å². The maximum absolute atomic E-state index is 13.2. The summed E-state index contributed by atoms with van der Waals surface area (Å²) < 4.78 is 16.1. The SMILES string of the molecule is CC(C)(C)OC(=O)NC1(C(=O)OC(C)(C)C)C(O)C(O)C2C(C(=O)OC(C)(C)C)C21. The van der Waals surface area contributed by atoms with Gasteiger partial charge in [0.2, 0.25) is 0 Å². The zero-order valence-corrected chi connectivity index (χ0v) is 19.2. The molecular weight excluding hydrogens is 394 g/mol. The minimum atomic E-state index is -2.04. The minimum Gasteiger partial charge on any atom is -0.460 e. The van der Waals surface area contributed by atoms with E-state index >= 15 is 0 Å². The quantitative estimate of drug-likeness (QED) is 0.455. The summed E-state index contributed by atoms with van der Waals surface area (Å²) in [6.45, 7) is 15.0. The summed E-state index contributed by atoms with van der Waals surface area (Å²) in [5.74, 6) is -4.06. The Morgan fingerprint density at radius 2 is 1.27 bits per heavy atom. The van der Waals surface area contributed by atoms with Crippen molar-refractivity contribution >= 4 is 18.0 Å². The molecule has 0 aromatic heterocycles. The molecule has 0 aliphatic heterocycles. The molecule has 0 aromatic rings. The van der Waals surface area contributed by atoms with Gasteiger partial charge in [-0.25, -0.2) is 9.59 Å². The van der Waals surface area contributed by atoms with E-state index in [9.17, 15) is 24.6 Å². The molecule has 0 saturated heterocycles. The summed E-state index contributed by atoms with van der Waals surface area (Å²) >= 11 is 0. The molecule has 2 aliphatic carbocycles. The molecule has 3 N–H and O–H groups in total. The largest absolute Gasteiger partial charge is 0.460 e. The molecule has 0 heterocycles. The Kier molecular flexibility index (Phi) is 6.00. The molecule has 0 aromatic carbocycles. The molecule has 2 saturated carbocycles. The average Bonchev–Trinajstić information content (AvgIpc) is 3.16. The van der Waals surface area contributed by atoms with E-state index in [-0.39, 0.29) is 0 Å². The van der Waals surface area contributed by atoms with Crippen LogP contribution < -0.4 is 5.32 Å². The number of esters is 2. The van der Waals surface area contributed by atoms with Crippen LogP contribution in [0.1, 0.15) is 62.3 Å². The van der Waals surface area contributed by atoms with E-state index < -0.39 is 70.3 Å². The van der Waals surface area contributed by atoms with Crippen molar-refractivity contribution in [3.8, 4) is 0 Å². The van der Waals surface area contributed by atoms with E-state index in [1.165, 1.54) is 0 Å². The molecular formula is C21H35NO8. The normalized spacial score (nSPS) is 33.4. The molecule has 2 fully saturated rings. The fourth-order valence-electron chi connectivity index (χ4n) is 4.00. The Bertz CT molecular complexity index is 714. The second kappa shape index (κ2) is 7.37. The van der Waals surface area contributed by atoms with E-state index in [4.69, 9.17) is 14.2 Å². The molecule has 6 unspecified atom stereocenters. The smallest absolute Gasteiger partial charge is 0.408 e. The topological polar surface area (TPSA) is 131 Å². The second-order valence-electron chi connectivity index (χ2n) is 11.1. The number of hydrogen-bond donors (Lipinski definition) is 3. The lowest BCUT2D eigenvalue weighted by molar-refractivity contribution is -0.173. The van der Waals surface area contributed by atoms with Crippen LogP contribution in [-0.2, 0) is 23.8 Å². The van der Waals surface area contributed by atoms with Gasteiger partial charge in [0, 0.05) is 11.8 Å². The Balaban J connectivity index is 2.42. The number of alkyl carbamates (subject to hydrolysis) is 1. The van der Waals surface area contributed by atoms with Gasteiger partial charge in [0.05, 0.1) is 12.0 Å². The van der Waals surface area contributed by atoms with Gasteiger partial charge in [0.25, 0.3) is 0 Å². The molecule has 2 aliphatic rings. The van der Waals surface area contributed by atoms with Crippen molar-refractivity contribution in [3.05, 3.63) is 0 Å². The zero-order valence-electron chi connectivity index (χ0n) is 19.2. The van der Waals surface area contributed by atoms with E-state index in [1.807, 2.05) is 0 Å². The third-order valence-corrected chi connectivity index (χ3v) is 4.91. The molecule has 9 nitrogen and oxygen atoms in total. The lowest BCUT2D eigenvalue weighted by atomic mass is 9.86. The molecule has 6 atom stereocenters. The average molecular weight is 430 g/mol. The molecule has 1 amide bonds. The monoisotopic (exact) mass is 429 g/mol. The van der Waals surface area contributed by atoms with Crippen LogP contribution in [0.2, 0.25) is 0 Å². The fourth-order valence-corrected chi connectivity index (χ4v) is 4.00. The van der Waals surface area contributed by atoms with Crippen LogP contribution in [0.25, 0.3) is 0 Å². The van der Waals surface area contributed by atoms with Crippen molar-refractivity contribution in [2.75, 3.05) is 0 Å². The standard InChI is InChI=1S/C21H35NO8/c1-18(2,3)28-15(25)11-10-12(11)21(14(24)13(10)23,16(26)29-19(4,5)6)22-17(27)30-20(7,8)9/h10-14,23-24H,1-9H3,(H,22,27). The van der Waals surface area contributed by atoms with Crippen molar-refractivity contribution in [3.63, 3.8) is 0 Å². The summed E-state index contributed by atoms with van der Waals surface area (Å²) in [7, 11) is 0. The Morgan fingerprint density at radius 3 is 1.70 bits per heavy atom. The van der Waals surface area contributed by atoms with E-state index in [1.54, 1.807) is 62.3 Å². The number of aliphatic hydroxyl groups is 2. The summed E-state index contributed by atoms with van der Waals surface area (Å²) in [6.07, 6.45) is -4.06. The highest BCUT2D eigenvalue weighted by Gasteiger charge is 2.80. The van der Waals surface area contributed by atoms with Gasteiger partial charge in [-0.3, -0.25) is 4.79 Å². The predicted octanol–water partition coefficient (Wildman–Crippen LogP) is 1.53. The van der Waals surface area contributed by atoms with Gasteiger partial charge < -0.3 is 29.7 Å². The summed E-state index contributed by atoms with van der Waals surface area (Å²) in [5.41, 5.74) is -4.61. The second-order valence-corrected chi connectivity index (χ2v) is 11.1. The third kappa shape index (κ3) is 4.88. The first kappa shape index (κ1) is 24.4. The highest BCUT2D eigenvalue weighted by molar-refractivity contribution is 5.92. The van der Waals surface area contributed by atoms with Crippen LogP contribution in [0.4, 0.5) is 4.79 Å². The Hall–Kier alpha value is -1.87. The van der Waals surface area contributed by atoms with Crippen LogP contribution in [0.3, 0.4) is 0 Å². The first-order valence-electron chi connectivity index (χ1n) is 10.1. The summed E-state index contributed by atoms with van der Waals surface area (Å²) in [5, 5.41) is 23.8. The maximum atomic E-state index is 13.2. The van der Waals surface area contributed by atoms with Crippen molar-refractivity contribution < 1.29 is 38.8 Å². The Labute approximate surface area is 177 Å². The van der Waals surface area contributed by atoms with Crippen LogP contribution in [0.5, 0.6) is 0 Å². The summed E-state index contributed by atoms with van der Waals surface area (Å²) in [4.78, 5) is 38.5. The number of carbonyl (C=O) groups excluding carboxylic acids is 3. The number of ether oxygens (including phenoxy) is 3. The van der Waals surface area contributed by atoms with Crippen LogP contribution in [0.15, 0.2) is 0 Å². The van der Waals surface area contributed by atoms with Gasteiger partial charge in [-0.15, -0.1) is 0 Å². The van der Waals surface area contributed by atoms with Crippen LogP contribution in [-0.4, -0.2) is 62.8 Å². The lowest BCUT2D eigenvalue weighted by Gasteiger charge is -2.38.